The van der Waals surface area contributed by atoms with Crippen molar-refractivity contribution in [1.29, 1.82) is 0 Å². The Balaban J connectivity index is 0.000000107. The van der Waals surface area contributed by atoms with Crippen molar-refractivity contribution in [3.05, 3.63) is 540 Å². The number of aromatic nitrogens is 7. The maximum atomic E-state index is 5.24. The molecule has 0 saturated heterocycles. The molecule has 0 amide bonds. The van der Waals surface area contributed by atoms with Crippen molar-refractivity contribution in [2.24, 2.45) is 0 Å². The zero-order valence-electron chi connectivity index (χ0n) is 77.5. The zero-order chi connectivity index (χ0) is 93.7. The Morgan fingerprint density at radius 3 is 0.648 bits per heavy atom. The third-order valence-electron chi connectivity index (χ3n) is 28.7. The molecule has 0 aliphatic carbocycles. The summed E-state index contributed by atoms with van der Waals surface area (Å²) in [5.41, 5.74) is 37.9. The monoisotopic (exact) mass is 1810 g/mol. The van der Waals surface area contributed by atoms with Crippen LogP contribution in [0, 0.1) is 0 Å². The Kier molecular flexibility index (Phi) is 20.2. The van der Waals surface area contributed by atoms with Crippen LogP contribution < -0.4 is 0 Å². The van der Waals surface area contributed by atoms with Crippen LogP contribution in [0.5, 0.6) is 0 Å². The first-order chi connectivity index (χ1) is 70.4. The van der Waals surface area contributed by atoms with Crippen LogP contribution in [0.15, 0.2) is 540 Å². The van der Waals surface area contributed by atoms with Crippen LogP contribution in [0.2, 0.25) is 0 Å². The first-order valence-corrected chi connectivity index (χ1v) is 48.7. The summed E-state index contributed by atoms with van der Waals surface area (Å²) >= 11 is 0. The molecule has 0 unspecified atom stereocenters. The normalized spacial score (nSPS) is 11.7. The lowest BCUT2D eigenvalue weighted by molar-refractivity contribution is 1.18. The molecule has 0 N–H and O–H groups in total. The third-order valence-corrected chi connectivity index (χ3v) is 28.7. The van der Waals surface area contributed by atoms with Gasteiger partial charge in [-0.1, -0.05) is 340 Å². The first-order valence-electron chi connectivity index (χ1n) is 48.7. The van der Waals surface area contributed by atoms with Crippen molar-refractivity contribution in [2.75, 3.05) is 0 Å². The average molecular weight is 1810 g/mol. The second-order valence-electron chi connectivity index (χ2n) is 36.9. The average Bonchev–Trinajstić information content (AvgIpc) is 1.61. The van der Waals surface area contributed by atoms with E-state index in [9.17, 15) is 0 Å². The van der Waals surface area contributed by atoms with Gasteiger partial charge in [-0.2, -0.15) is 0 Å². The summed E-state index contributed by atoms with van der Waals surface area (Å²) in [6.45, 7) is 0. The SMILES string of the molecule is c1ccc(-c2ccc(-n3c4ccccc4c4cc(-c5cccc(-c6ccc7c(c6)c6ccccc6n7-c6ccccc6)c5)ccc43)cc2)cc1.c1ccc(-n2c3ccccc3c3cc(-c4ccc(-c5ccc6c(c5)c5ccccc5n6-c5ccccc5)cc4)ccc32)cc1.c1ccc(-n2c3ccccc3c3cc(-c4cccc(-c5ccc6c(c5)c5ccccc5n6-c5ccc6ccccc6c5)n4)ccc32)cc1. The molecular formula is C135H89N7. The van der Waals surface area contributed by atoms with Crippen molar-refractivity contribution >= 4 is 142 Å². The highest BCUT2D eigenvalue weighted by Crippen LogP contribution is 2.45. The first kappa shape index (κ1) is 82.5. The van der Waals surface area contributed by atoms with E-state index in [1.165, 1.54) is 214 Å². The molecule has 22 aromatic carbocycles. The highest BCUT2D eigenvalue weighted by Gasteiger charge is 2.23. The van der Waals surface area contributed by atoms with Crippen LogP contribution in [0.1, 0.15) is 0 Å². The molecule has 7 heteroatoms. The van der Waals surface area contributed by atoms with Gasteiger partial charge in [0, 0.05) is 110 Å². The van der Waals surface area contributed by atoms with E-state index >= 15 is 0 Å². The Labute approximate surface area is 820 Å². The lowest BCUT2D eigenvalue weighted by Gasteiger charge is -2.10. The number of rotatable bonds is 13. The minimum absolute atomic E-state index is 0.962. The summed E-state index contributed by atoms with van der Waals surface area (Å²) in [4.78, 5) is 5.24. The van der Waals surface area contributed by atoms with Crippen LogP contribution in [0.25, 0.3) is 254 Å². The molecule has 664 valence electrons. The predicted molar refractivity (Wildman–Crippen MR) is 599 cm³/mol. The fraction of sp³-hybridized carbons (Fsp3) is 0. The number of hydrogen-bond donors (Lipinski definition) is 0. The zero-order valence-corrected chi connectivity index (χ0v) is 77.5. The summed E-state index contributed by atoms with van der Waals surface area (Å²) in [6, 6.07) is 195. The number of fused-ring (bicyclic) bond motifs is 19. The third kappa shape index (κ3) is 14.3. The Bertz CT molecular complexity index is 9780. The van der Waals surface area contributed by atoms with Gasteiger partial charge < -0.3 is 27.4 Å². The maximum Gasteiger partial charge on any atom is 0.0709 e. The fourth-order valence-electron chi connectivity index (χ4n) is 22.1. The second kappa shape index (κ2) is 34.7. The molecular weight excluding hydrogens is 1720 g/mol. The number of pyridine rings is 1. The Morgan fingerprint density at radius 2 is 0.310 bits per heavy atom. The molecule has 29 rings (SSSR count). The van der Waals surface area contributed by atoms with E-state index in [4.69, 9.17) is 4.98 Å². The van der Waals surface area contributed by atoms with Gasteiger partial charge in [-0.05, 0) is 267 Å². The van der Waals surface area contributed by atoms with Gasteiger partial charge in [0.15, 0.2) is 0 Å². The number of nitrogens with zero attached hydrogens (tertiary/aromatic N) is 7. The highest BCUT2D eigenvalue weighted by atomic mass is 15.0. The number of para-hydroxylation sites is 10. The Hall–Kier alpha value is -19.0. The summed E-state index contributed by atoms with van der Waals surface area (Å²) in [6.07, 6.45) is 0. The lowest BCUT2D eigenvalue weighted by Crippen LogP contribution is -1.94. The van der Waals surface area contributed by atoms with E-state index in [1.54, 1.807) is 0 Å². The molecule has 7 heterocycles. The second-order valence-corrected chi connectivity index (χ2v) is 36.9. The van der Waals surface area contributed by atoms with E-state index in [0.29, 0.717) is 0 Å². The van der Waals surface area contributed by atoms with Crippen LogP contribution in [0.3, 0.4) is 0 Å². The number of benzene rings is 22. The molecule has 0 aliphatic rings. The minimum Gasteiger partial charge on any atom is -0.309 e. The van der Waals surface area contributed by atoms with Crippen LogP contribution in [-0.4, -0.2) is 32.4 Å². The molecule has 0 aliphatic heterocycles. The molecule has 0 saturated carbocycles. The van der Waals surface area contributed by atoms with Crippen molar-refractivity contribution in [3.63, 3.8) is 0 Å². The topological polar surface area (TPSA) is 42.5 Å². The van der Waals surface area contributed by atoms with Crippen molar-refractivity contribution in [2.45, 2.75) is 0 Å². The predicted octanol–water partition coefficient (Wildman–Crippen LogP) is 35.9. The van der Waals surface area contributed by atoms with E-state index in [2.05, 4.69) is 567 Å². The molecule has 0 bridgehead atoms. The largest absolute Gasteiger partial charge is 0.309 e. The number of hydrogen-bond acceptors (Lipinski definition) is 1. The van der Waals surface area contributed by atoms with Crippen LogP contribution in [0.4, 0.5) is 0 Å². The smallest absolute Gasteiger partial charge is 0.0709 e. The van der Waals surface area contributed by atoms with Crippen molar-refractivity contribution in [1.82, 2.24) is 32.4 Å². The summed E-state index contributed by atoms with van der Waals surface area (Å²) in [5, 5.41) is 17.5. The molecule has 7 nitrogen and oxygen atoms in total. The van der Waals surface area contributed by atoms with Gasteiger partial charge in [0.1, 0.15) is 0 Å². The van der Waals surface area contributed by atoms with Gasteiger partial charge in [-0.25, -0.2) is 4.98 Å². The molecule has 142 heavy (non-hydrogen) atoms. The van der Waals surface area contributed by atoms with Gasteiger partial charge in [-0.15, -0.1) is 0 Å². The fourth-order valence-corrected chi connectivity index (χ4v) is 22.1. The standard InChI is InChI=1S/C48H32N2.C45H29N3.C42H28N2/c1-3-12-33(13-4-1)34-22-26-40(27-23-34)50-46-21-10-8-19-42(46)44-32-38(25-29-48(44)50)36-15-11-14-35(30-36)37-24-28-47-43(31-37)41-18-7-9-20-45(41)49(47)39-16-5-2-6-17-39;1-2-13-34(14-3-1)47-42-19-8-6-15-36(42)38-28-32(22-25-44(38)47)40-17-10-18-41(46-40)33-23-26-45-39(29-33)37-16-7-9-20-43(37)48(45)35-24-21-30-11-4-5-12-31(30)27-35;1-3-11-33(12-4-1)43-39-17-9-7-15-35(39)37-27-31(23-25-41(37)43)29-19-21-30(22-20-29)32-24-26-42-38(28-32)36-16-8-10-18-40(36)44(42)34-13-5-2-6-14-34/h1-32H;1-29H;1-28H. The van der Waals surface area contributed by atoms with E-state index in [1.807, 2.05) is 0 Å². The molecule has 0 fully saturated rings. The van der Waals surface area contributed by atoms with Crippen molar-refractivity contribution in [3.8, 4) is 112 Å². The Morgan fingerprint density at radius 1 is 0.106 bits per heavy atom. The van der Waals surface area contributed by atoms with Gasteiger partial charge >= 0.3 is 0 Å². The quantitative estimate of drug-likeness (QED) is 0.113. The molecule has 0 atom stereocenters. The van der Waals surface area contributed by atoms with Gasteiger partial charge in [0.25, 0.3) is 0 Å². The van der Waals surface area contributed by atoms with Crippen molar-refractivity contribution < 1.29 is 0 Å². The summed E-state index contributed by atoms with van der Waals surface area (Å²) < 4.78 is 14.2. The lowest BCUT2D eigenvalue weighted by atomic mass is 9.97. The van der Waals surface area contributed by atoms with E-state index in [-0.39, 0.29) is 0 Å². The van der Waals surface area contributed by atoms with Crippen LogP contribution in [-0.2, 0) is 0 Å². The van der Waals surface area contributed by atoms with Gasteiger partial charge in [0.2, 0.25) is 0 Å². The van der Waals surface area contributed by atoms with Gasteiger partial charge in [0.05, 0.1) is 77.6 Å². The van der Waals surface area contributed by atoms with Crippen LogP contribution >= 0.6 is 0 Å². The van der Waals surface area contributed by atoms with E-state index < -0.39 is 0 Å². The molecule has 0 spiro atoms. The van der Waals surface area contributed by atoms with Gasteiger partial charge in [-0.3, -0.25) is 0 Å². The minimum atomic E-state index is 0.962. The maximum absolute atomic E-state index is 5.24. The molecule has 7 aromatic heterocycles. The molecule has 29 aromatic rings. The van der Waals surface area contributed by atoms with E-state index in [0.717, 1.165) is 39.6 Å². The summed E-state index contributed by atoms with van der Waals surface area (Å²) in [7, 11) is 0. The summed E-state index contributed by atoms with van der Waals surface area (Å²) in [5.74, 6) is 0. The highest BCUT2D eigenvalue weighted by molar-refractivity contribution is 6.17. The molecule has 0 radical (unpaired) electrons.